The molecular formula is C22H20N8O2S. The third-order valence-corrected chi connectivity index (χ3v) is 6.81. The van der Waals surface area contributed by atoms with Crippen LogP contribution in [0.5, 0.6) is 0 Å². The van der Waals surface area contributed by atoms with Crippen molar-refractivity contribution >= 4 is 43.9 Å². The van der Waals surface area contributed by atoms with Gasteiger partial charge in [0.15, 0.2) is 0 Å². The Bertz CT molecular complexity index is 1460. The minimum atomic E-state index is -3.66. The molecule has 5 N–H and O–H groups in total. The zero-order chi connectivity index (χ0) is 23.4. The molecule has 0 radical (unpaired) electrons. The van der Waals surface area contributed by atoms with Crippen molar-refractivity contribution in [1.29, 1.82) is 0 Å². The van der Waals surface area contributed by atoms with Crippen molar-refractivity contribution in [2.45, 2.75) is 16.2 Å². The first-order valence-corrected chi connectivity index (χ1v) is 11.4. The summed E-state index contributed by atoms with van der Waals surface area (Å²) in [5.74, 6) is 0.460. The van der Waals surface area contributed by atoms with Gasteiger partial charge in [0.1, 0.15) is 5.82 Å². The Morgan fingerprint density at radius 3 is 2.27 bits per heavy atom. The summed E-state index contributed by atoms with van der Waals surface area (Å²) >= 11 is 0. The van der Waals surface area contributed by atoms with E-state index in [0.29, 0.717) is 30.0 Å². The quantitative estimate of drug-likeness (QED) is 0.210. The highest BCUT2D eigenvalue weighted by Gasteiger charge is 2.17. The van der Waals surface area contributed by atoms with Crippen molar-refractivity contribution in [3.8, 4) is 0 Å². The van der Waals surface area contributed by atoms with Crippen LogP contribution in [0.3, 0.4) is 0 Å². The minimum absolute atomic E-state index is 0.134. The van der Waals surface area contributed by atoms with E-state index in [0.717, 1.165) is 16.6 Å². The molecule has 4 aromatic rings. The molecule has 0 saturated carbocycles. The van der Waals surface area contributed by atoms with Crippen LogP contribution in [0.2, 0.25) is 0 Å². The lowest BCUT2D eigenvalue weighted by molar-refractivity contribution is 0.596. The van der Waals surface area contributed by atoms with Crippen LogP contribution in [0.4, 0.5) is 23.1 Å². The van der Waals surface area contributed by atoms with E-state index in [9.17, 15) is 8.42 Å². The highest BCUT2D eigenvalue weighted by molar-refractivity contribution is 7.91. The monoisotopic (exact) mass is 460 g/mol. The highest BCUT2D eigenvalue weighted by atomic mass is 32.2. The topological polar surface area (TPSA) is 173 Å². The summed E-state index contributed by atoms with van der Waals surface area (Å²) in [5.41, 5.74) is 22.9. The lowest BCUT2D eigenvalue weighted by Crippen LogP contribution is -2.06. The number of nitrogens with zero attached hydrogens (tertiary/aromatic N) is 5. The second-order valence-corrected chi connectivity index (χ2v) is 9.16. The Labute approximate surface area is 189 Å². The number of nitrogens with two attached hydrogens (primary N) is 2. The Morgan fingerprint density at radius 1 is 0.939 bits per heavy atom. The van der Waals surface area contributed by atoms with Crippen molar-refractivity contribution in [3.05, 3.63) is 82.7 Å². The second-order valence-electron chi connectivity index (χ2n) is 7.21. The van der Waals surface area contributed by atoms with Crippen molar-refractivity contribution < 1.29 is 8.42 Å². The van der Waals surface area contributed by atoms with Gasteiger partial charge < -0.3 is 16.8 Å². The summed E-state index contributed by atoms with van der Waals surface area (Å²) in [7, 11) is -3.66. The molecule has 33 heavy (non-hydrogen) atoms. The van der Waals surface area contributed by atoms with E-state index in [1.807, 2.05) is 18.2 Å². The van der Waals surface area contributed by atoms with Crippen LogP contribution >= 0.6 is 0 Å². The molecule has 0 fully saturated rings. The van der Waals surface area contributed by atoms with E-state index >= 15 is 0 Å². The number of benzene rings is 3. The van der Waals surface area contributed by atoms with Crippen LogP contribution in [0.25, 0.3) is 21.3 Å². The maximum atomic E-state index is 12.8. The van der Waals surface area contributed by atoms with Gasteiger partial charge in [-0.1, -0.05) is 29.4 Å². The van der Waals surface area contributed by atoms with Gasteiger partial charge in [0.05, 0.1) is 15.3 Å². The summed E-state index contributed by atoms with van der Waals surface area (Å²) in [6, 6.07) is 18.1. The molecule has 1 heterocycles. The fraction of sp³-hybridized carbons (Fsp3) is 0.0909. The van der Waals surface area contributed by atoms with Gasteiger partial charge in [-0.2, -0.15) is 4.98 Å². The number of sulfone groups is 1. The van der Waals surface area contributed by atoms with Gasteiger partial charge in [-0.15, -0.1) is 0 Å². The Balaban J connectivity index is 1.41. The van der Waals surface area contributed by atoms with Crippen LogP contribution in [0.15, 0.2) is 81.6 Å². The average molecular weight is 461 g/mol. The molecule has 0 saturated heterocycles. The lowest BCUT2D eigenvalue weighted by atomic mass is 10.1. The number of hydrogen-bond donors (Lipinski definition) is 3. The second kappa shape index (κ2) is 9.03. The predicted molar refractivity (Wildman–Crippen MR) is 128 cm³/mol. The van der Waals surface area contributed by atoms with Gasteiger partial charge in [0.25, 0.3) is 0 Å². The molecule has 0 atom stereocenters. The summed E-state index contributed by atoms with van der Waals surface area (Å²) in [6.07, 6.45) is 0.687. The van der Waals surface area contributed by atoms with Crippen LogP contribution in [-0.4, -0.2) is 24.9 Å². The van der Waals surface area contributed by atoms with Crippen molar-refractivity contribution in [2.75, 3.05) is 23.3 Å². The summed E-state index contributed by atoms with van der Waals surface area (Å²) in [6.45, 7) is 0.633. The Morgan fingerprint density at radius 2 is 1.61 bits per heavy atom. The average Bonchev–Trinajstić information content (AvgIpc) is 2.80. The summed E-state index contributed by atoms with van der Waals surface area (Å²) < 4.78 is 25.6. The van der Waals surface area contributed by atoms with E-state index in [2.05, 4.69) is 25.3 Å². The van der Waals surface area contributed by atoms with E-state index < -0.39 is 9.84 Å². The lowest BCUT2D eigenvalue weighted by Gasteiger charge is -2.10. The smallest absolute Gasteiger partial charge is 0.222 e. The standard InChI is InChI=1S/C22H20N8O2S/c23-21-19-13-16(5-10-20(19)27-22(24)28-21)26-12-11-14-1-6-17(7-2-14)33(31,32)18-8-3-15(4-9-18)29-30-25/h1-10,13,26H,11-12H2,(H4,23,24,27,28). The van der Waals surface area contributed by atoms with E-state index in [1.165, 1.54) is 24.3 Å². The van der Waals surface area contributed by atoms with Gasteiger partial charge in [-0.25, -0.2) is 13.4 Å². The number of nitrogens with one attached hydrogen (secondary N) is 1. The normalized spacial score (nSPS) is 11.2. The summed E-state index contributed by atoms with van der Waals surface area (Å²) in [4.78, 5) is 11.2. The number of azide groups is 1. The number of aromatic nitrogens is 2. The molecule has 1 aromatic heterocycles. The molecule has 0 amide bonds. The molecule has 0 aliphatic rings. The van der Waals surface area contributed by atoms with E-state index in [-0.39, 0.29) is 15.7 Å². The molecule has 0 bridgehead atoms. The van der Waals surface area contributed by atoms with Gasteiger partial charge >= 0.3 is 0 Å². The number of anilines is 3. The van der Waals surface area contributed by atoms with Gasteiger partial charge in [0, 0.05) is 28.2 Å². The summed E-state index contributed by atoms with van der Waals surface area (Å²) in [5, 5.41) is 7.49. The maximum absolute atomic E-state index is 12.8. The van der Waals surface area contributed by atoms with Crippen LogP contribution < -0.4 is 16.8 Å². The fourth-order valence-electron chi connectivity index (χ4n) is 3.35. The number of hydrogen-bond acceptors (Lipinski definition) is 8. The molecule has 4 rings (SSSR count). The largest absolute Gasteiger partial charge is 0.385 e. The third kappa shape index (κ3) is 4.79. The van der Waals surface area contributed by atoms with Gasteiger partial charge in [-0.05, 0) is 60.0 Å². The molecular weight excluding hydrogens is 440 g/mol. The number of nitrogen functional groups attached to an aromatic ring is 2. The molecule has 11 heteroatoms. The zero-order valence-corrected chi connectivity index (χ0v) is 18.2. The van der Waals surface area contributed by atoms with Crippen molar-refractivity contribution in [2.24, 2.45) is 5.11 Å². The van der Waals surface area contributed by atoms with E-state index in [1.54, 1.807) is 24.3 Å². The van der Waals surface area contributed by atoms with Crippen molar-refractivity contribution in [1.82, 2.24) is 9.97 Å². The number of fused-ring (bicyclic) bond motifs is 1. The first-order chi connectivity index (χ1) is 15.9. The van der Waals surface area contributed by atoms with Gasteiger partial charge in [-0.3, -0.25) is 0 Å². The first-order valence-electron chi connectivity index (χ1n) is 9.92. The molecule has 10 nitrogen and oxygen atoms in total. The van der Waals surface area contributed by atoms with Crippen LogP contribution in [0.1, 0.15) is 5.56 Å². The highest BCUT2D eigenvalue weighted by Crippen LogP contribution is 2.25. The predicted octanol–water partition coefficient (Wildman–Crippen LogP) is 4.22. The zero-order valence-electron chi connectivity index (χ0n) is 17.4. The molecule has 0 aliphatic heterocycles. The fourth-order valence-corrected chi connectivity index (χ4v) is 4.61. The minimum Gasteiger partial charge on any atom is -0.385 e. The van der Waals surface area contributed by atoms with Crippen LogP contribution in [0, 0.1) is 0 Å². The van der Waals surface area contributed by atoms with Crippen molar-refractivity contribution in [3.63, 3.8) is 0 Å². The molecule has 3 aromatic carbocycles. The SMILES string of the molecule is [N-]=[N+]=Nc1ccc(S(=O)(=O)c2ccc(CCNc3ccc4nc(N)nc(N)c4c3)cc2)cc1. The molecule has 0 aliphatic carbocycles. The molecule has 0 spiro atoms. The third-order valence-electron chi connectivity index (χ3n) is 5.03. The van der Waals surface area contributed by atoms with Gasteiger partial charge in [0.2, 0.25) is 15.8 Å². The maximum Gasteiger partial charge on any atom is 0.222 e. The molecule has 0 unspecified atom stereocenters. The Hall–Kier alpha value is -4.34. The Kier molecular flexibility index (Phi) is 5.99. The number of rotatable bonds is 7. The first kappa shape index (κ1) is 21.9. The van der Waals surface area contributed by atoms with Crippen LogP contribution in [-0.2, 0) is 16.3 Å². The van der Waals surface area contributed by atoms with E-state index in [4.69, 9.17) is 17.0 Å². The molecule has 166 valence electrons.